The molecule has 2 heterocycles. The Morgan fingerprint density at radius 1 is 1.19 bits per heavy atom. The van der Waals surface area contributed by atoms with Gasteiger partial charge in [0.15, 0.2) is 5.65 Å². The first-order chi connectivity index (χ1) is 13.0. The van der Waals surface area contributed by atoms with E-state index in [1.807, 2.05) is 6.20 Å². The largest absolute Gasteiger partial charge is 0.495 e. The van der Waals surface area contributed by atoms with Crippen LogP contribution in [0.3, 0.4) is 0 Å². The van der Waals surface area contributed by atoms with E-state index in [2.05, 4.69) is 20.7 Å². The third kappa shape index (κ3) is 3.59. The van der Waals surface area contributed by atoms with Gasteiger partial charge in [-0.3, -0.25) is 9.59 Å². The lowest BCUT2D eigenvalue weighted by Crippen LogP contribution is -2.16. The molecule has 0 spiro atoms. The average molecular weight is 365 g/mol. The fraction of sp³-hybridized carbons (Fsp3) is 0.263. The van der Waals surface area contributed by atoms with E-state index in [-0.39, 0.29) is 17.5 Å². The number of aromatic nitrogens is 3. The first-order valence-electron chi connectivity index (χ1n) is 8.67. The van der Waals surface area contributed by atoms with Gasteiger partial charge in [0, 0.05) is 18.5 Å². The summed E-state index contributed by atoms with van der Waals surface area (Å²) in [7, 11) is 1.51. The number of carbonyl (C=O) groups excluding carboxylic acids is 2. The van der Waals surface area contributed by atoms with Gasteiger partial charge in [-0.2, -0.15) is 5.10 Å². The van der Waals surface area contributed by atoms with Crippen LogP contribution in [0, 0.1) is 0 Å². The summed E-state index contributed by atoms with van der Waals surface area (Å²) < 4.78 is 6.92. The third-order valence-electron chi connectivity index (χ3n) is 4.33. The number of nitrogens with zero attached hydrogens (tertiary/aromatic N) is 3. The highest BCUT2D eigenvalue weighted by Crippen LogP contribution is 2.39. The second-order valence-corrected chi connectivity index (χ2v) is 6.51. The van der Waals surface area contributed by atoms with Crippen LogP contribution in [0.4, 0.5) is 11.4 Å². The Hall–Kier alpha value is -3.42. The van der Waals surface area contributed by atoms with Gasteiger partial charge in [-0.15, -0.1) is 0 Å². The zero-order valence-corrected chi connectivity index (χ0v) is 15.0. The fourth-order valence-corrected chi connectivity index (χ4v) is 2.87. The van der Waals surface area contributed by atoms with Crippen LogP contribution in [-0.4, -0.2) is 33.5 Å². The maximum atomic E-state index is 12.7. The van der Waals surface area contributed by atoms with Crippen LogP contribution in [0.1, 0.15) is 41.9 Å². The van der Waals surface area contributed by atoms with Crippen molar-refractivity contribution in [3.8, 4) is 5.75 Å². The molecule has 4 rings (SSSR count). The van der Waals surface area contributed by atoms with Crippen LogP contribution < -0.4 is 15.4 Å². The second kappa shape index (κ2) is 6.71. The Morgan fingerprint density at radius 2 is 2.00 bits per heavy atom. The summed E-state index contributed by atoms with van der Waals surface area (Å²) >= 11 is 0. The molecule has 1 aromatic carbocycles. The molecule has 1 aliphatic carbocycles. The molecule has 0 saturated heterocycles. The van der Waals surface area contributed by atoms with Crippen molar-refractivity contribution in [2.45, 2.75) is 25.7 Å². The maximum absolute atomic E-state index is 12.7. The summed E-state index contributed by atoms with van der Waals surface area (Å²) in [5.74, 6) is 0.426. The molecule has 1 aliphatic rings. The van der Waals surface area contributed by atoms with Gasteiger partial charge >= 0.3 is 0 Å². The van der Waals surface area contributed by atoms with Gasteiger partial charge in [-0.1, -0.05) is 0 Å². The highest BCUT2D eigenvalue weighted by molar-refractivity contribution is 6.04. The van der Waals surface area contributed by atoms with Crippen LogP contribution >= 0.6 is 0 Å². The van der Waals surface area contributed by atoms with Crippen LogP contribution in [0.5, 0.6) is 5.75 Å². The Bertz CT molecular complexity index is 1040. The van der Waals surface area contributed by atoms with E-state index in [0.717, 1.165) is 24.2 Å². The van der Waals surface area contributed by atoms with Crippen molar-refractivity contribution in [1.82, 2.24) is 14.6 Å². The first kappa shape index (κ1) is 17.0. The number of amides is 2. The summed E-state index contributed by atoms with van der Waals surface area (Å²) in [6.45, 7) is 1.42. The summed E-state index contributed by atoms with van der Waals surface area (Å²) in [4.78, 5) is 28.4. The molecule has 0 bridgehead atoms. The number of anilines is 2. The molecule has 0 aliphatic heterocycles. The minimum atomic E-state index is -0.378. The van der Waals surface area contributed by atoms with E-state index in [1.165, 1.54) is 14.0 Å². The predicted octanol–water partition coefficient (Wildman–Crippen LogP) is 2.83. The lowest BCUT2D eigenvalue weighted by molar-refractivity contribution is -0.114. The Balaban J connectivity index is 1.59. The normalized spacial score (nSPS) is 13.4. The van der Waals surface area contributed by atoms with Crippen molar-refractivity contribution in [3.63, 3.8) is 0 Å². The quantitative estimate of drug-likeness (QED) is 0.725. The lowest BCUT2D eigenvalue weighted by Gasteiger charge is -2.12. The van der Waals surface area contributed by atoms with Crippen LogP contribution in [0.2, 0.25) is 0 Å². The maximum Gasteiger partial charge on any atom is 0.276 e. The van der Waals surface area contributed by atoms with Crippen molar-refractivity contribution in [3.05, 3.63) is 47.9 Å². The van der Waals surface area contributed by atoms with Crippen molar-refractivity contribution in [2.75, 3.05) is 17.7 Å². The molecule has 3 aromatic rings. The molecular weight excluding hydrogens is 346 g/mol. The van der Waals surface area contributed by atoms with E-state index < -0.39 is 0 Å². The number of ether oxygens (including phenoxy) is 1. The van der Waals surface area contributed by atoms with Crippen LogP contribution in [-0.2, 0) is 4.79 Å². The van der Waals surface area contributed by atoms with Crippen molar-refractivity contribution >= 4 is 28.8 Å². The highest BCUT2D eigenvalue weighted by Gasteiger charge is 2.26. The standard InChI is InChI=1S/C19H19N5O3/c1-11(25)20-13-5-7-17(27-2)15(9-13)22-19(26)14-6-8-18-21-16(12-3-4-12)10-24(18)23-14/h5-10,12H,3-4H2,1-2H3,(H,20,25)(H,22,26). The second-order valence-electron chi connectivity index (χ2n) is 6.51. The molecular formula is C19H19N5O3. The van der Waals surface area contributed by atoms with Gasteiger partial charge in [0.1, 0.15) is 11.4 Å². The number of hydrogen-bond acceptors (Lipinski definition) is 5. The number of nitrogens with one attached hydrogen (secondary N) is 2. The molecule has 0 unspecified atom stereocenters. The minimum Gasteiger partial charge on any atom is -0.495 e. The zero-order chi connectivity index (χ0) is 19.0. The van der Waals surface area contributed by atoms with E-state index in [1.54, 1.807) is 34.8 Å². The monoisotopic (exact) mass is 365 g/mol. The predicted molar refractivity (Wildman–Crippen MR) is 100 cm³/mol. The Labute approximate surface area is 155 Å². The average Bonchev–Trinajstić information content (AvgIpc) is 3.40. The van der Waals surface area contributed by atoms with Gasteiger partial charge < -0.3 is 15.4 Å². The third-order valence-corrected chi connectivity index (χ3v) is 4.33. The van der Waals surface area contributed by atoms with E-state index in [0.29, 0.717) is 23.0 Å². The van der Waals surface area contributed by atoms with Gasteiger partial charge in [0.2, 0.25) is 5.91 Å². The molecule has 138 valence electrons. The minimum absolute atomic E-state index is 0.198. The number of benzene rings is 1. The van der Waals surface area contributed by atoms with Gasteiger partial charge in [-0.25, -0.2) is 9.50 Å². The van der Waals surface area contributed by atoms with E-state index in [4.69, 9.17) is 4.74 Å². The topological polar surface area (TPSA) is 97.6 Å². The molecule has 2 aromatic heterocycles. The molecule has 1 saturated carbocycles. The Kier molecular flexibility index (Phi) is 4.23. The molecule has 8 heteroatoms. The van der Waals surface area contributed by atoms with Crippen molar-refractivity contribution < 1.29 is 14.3 Å². The number of hydrogen-bond donors (Lipinski definition) is 2. The zero-order valence-electron chi connectivity index (χ0n) is 15.0. The molecule has 1 fully saturated rings. The smallest absolute Gasteiger partial charge is 0.276 e. The van der Waals surface area contributed by atoms with Gasteiger partial charge in [0.25, 0.3) is 5.91 Å². The summed E-state index contributed by atoms with van der Waals surface area (Å²) in [6, 6.07) is 8.43. The van der Waals surface area contributed by atoms with Gasteiger partial charge in [-0.05, 0) is 43.2 Å². The number of imidazole rings is 1. The van der Waals surface area contributed by atoms with Gasteiger partial charge in [0.05, 0.1) is 24.7 Å². The number of rotatable bonds is 5. The highest BCUT2D eigenvalue weighted by atomic mass is 16.5. The fourth-order valence-electron chi connectivity index (χ4n) is 2.87. The van der Waals surface area contributed by atoms with Crippen LogP contribution in [0.15, 0.2) is 36.5 Å². The first-order valence-corrected chi connectivity index (χ1v) is 8.67. The summed E-state index contributed by atoms with van der Waals surface area (Å²) in [5.41, 5.74) is 3.00. The number of carbonyl (C=O) groups is 2. The van der Waals surface area contributed by atoms with Crippen LogP contribution in [0.25, 0.3) is 5.65 Å². The SMILES string of the molecule is COc1ccc(NC(C)=O)cc1NC(=O)c1ccc2nc(C3CC3)cn2n1. The molecule has 2 amide bonds. The number of methoxy groups -OCH3 is 1. The summed E-state index contributed by atoms with van der Waals surface area (Å²) in [6.07, 6.45) is 4.19. The Morgan fingerprint density at radius 3 is 2.70 bits per heavy atom. The van der Waals surface area contributed by atoms with E-state index >= 15 is 0 Å². The molecule has 8 nitrogen and oxygen atoms in total. The number of fused-ring (bicyclic) bond motifs is 1. The van der Waals surface area contributed by atoms with Crippen molar-refractivity contribution in [2.24, 2.45) is 0 Å². The molecule has 2 N–H and O–H groups in total. The summed E-state index contributed by atoms with van der Waals surface area (Å²) in [5, 5.41) is 9.83. The molecule has 0 radical (unpaired) electrons. The molecule has 27 heavy (non-hydrogen) atoms. The molecule has 0 atom stereocenters. The van der Waals surface area contributed by atoms with Crippen molar-refractivity contribution in [1.29, 1.82) is 0 Å². The van der Waals surface area contributed by atoms with E-state index in [9.17, 15) is 9.59 Å². The lowest BCUT2D eigenvalue weighted by atomic mass is 10.2.